The first kappa shape index (κ1) is 18.1. The Morgan fingerprint density at radius 2 is 1.86 bits per heavy atom. The minimum Gasteiger partial charge on any atom is -0.426 e. The molecule has 0 aliphatic carbocycles. The van der Waals surface area contributed by atoms with E-state index in [2.05, 4.69) is 17.6 Å². The normalized spacial score (nSPS) is 9.86. The molecule has 0 aliphatic heterocycles. The van der Waals surface area contributed by atoms with Crippen LogP contribution < -0.4 is 15.4 Å². The highest BCUT2D eigenvalue weighted by atomic mass is 35.5. The minimum atomic E-state index is -0.240. The first-order chi connectivity index (χ1) is 10.3. The van der Waals surface area contributed by atoms with Crippen LogP contribution in [0.5, 0.6) is 11.7 Å². The molecule has 1 aromatic carbocycles. The van der Waals surface area contributed by atoms with Crippen LogP contribution in [0, 0.1) is 0 Å². The quantitative estimate of drug-likeness (QED) is 0.732. The van der Waals surface area contributed by atoms with E-state index < -0.39 is 0 Å². The molecule has 0 fully saturated rings. The average Bonchev–Trinajstić information content (AvgIpc) is 2.96. The zero-order valence-corrected chi connectivity index (χ0v) is 13.3. The third kappa shape index (κ3) is 5.79. The average molecular weight is 325 g/mol. The SMILES string of the molecule is CCCNCCNC(=O)c1ccc(Oc2ccccc2)o1.Cl. The molecule has 2 rings (SSSR count). The molecule has 0 spiro atoms. The molecule has 1 aromatic heterocycles. The molecule has 0 unspecified atom stereocenters. The van der Waals surface area contributed by atoms with Crippen LogP contribution in [0.3, 0.4) is 0 Å². The first-order valence-corrected chi connectivity index (χ1v) is 7.11. The maximum absolute atomic E-state index is 11.9. The number of rotatable bonds is 8. The van der Waals surface area contributed by atoms with E-state index in [1.54, 1.807) is 12.1 Å². The van der Waals surface area contributed by atoms with E-state index in [1.165, 1.54) is 0 Å². The van der Waals surface area contributed by atoms with Gasteiger partial charge in [-0.15, -0.1) is 12.4 Å². The topological polar surface area (TPSA) is 63.5 Å². The van der Waals surface area contributed by atoms with Crippen molar-refractivity contribution in [2.24, 2.45) is 0 Å². The Bertz CT molecular complexity index is 558. The Balaban J connectivity index is 0.00000242. The van der Waals surface area contributed by atoms with Crippen LogP contribution in [-0.4, -0.2) is 25.5 Å². The summed E-state index contributed by atoms with van der Waals surface area (Å²) < 4.78 is 10.9. The fourth-order valence-corrected chi connectivity index (χ4v) is 1.76. The summed E-state index contributed by atoms with van der Waals surface area (Å²) in [5, 5.41) is 5.99. The largest absolute Gasteiger partial charge is 0.426 e. The number of halogens is 1. The summed E-state index contributed by atoms with van der Waals surface area (Å²) >= 11 is 0. The van der Waals surface area contributed by atoms with E-state index >= 15 is 0 Å². The van der Waals surface area contributed by atoms with Crippen molar-refractivity contribution in [3.05, 3.63) is 48.2 Å². The van der Waals surface area contributed by atoms with Gasteiger partial charge in [-0.05, 0) is 31.2 Å². The Hall–Kier alpha value is -1.98. The summed E-state index contributed by atoms with van der Waals surface area (Å²) in [5.74, 6) is 0.977. The fraction of sp³-hybridized carbons (Fsp3) is 0.312. The monoisotopic (exact) mass is 324 g/mol. The number of para-hydroxylation sites is 1. The van der Waals surface area contributed by atoms with Crippen molar-refractivity contribution in [3.63, 3.8) is 0 Å². The highest BCUT2D eigenvalue weighted by Crippen LogP contribution is 2.23. The minimum absolute atomic E-state index is 0. The van der Waals surface area contributed by atoms with Crippen molar-refractivity contribution in [2.45, 2.75) is 13.3 Å². The second-order valence-electron chi connectivity index (χ2n) is 4.54. The number of ether oxygens (including phenoxy) is 1. The van der Waals surface area contributed by atoms with Gasteiger partial charge in [0.25, 0.3) is 11.9 Å². The second-order valence-corrected chi connectivity index (χ2v) is 4.54. The molecule has 22 heavy (non-hydrogen) atoms. The highest BCUT2D eigenvalue weighted by molar-refractivity contribution is 5.91. The molecule has 6 heteroatoms. The van der Waals surface area contributed by atoms with Gasteiger partial charge in [-0.2, -0.15) is 0 Å². The van der Waals surface area contributed by atoms with Gasteiger partial charge in [-0.1, -0.05) is 25.1 Å². The number of furan rings is 1. The number of benzene rings is 1. The zero-order valence-electron chi connectivity index (χ0n) is 12.5. The van der Waals surface area contributed by atoms with Crippen molar-refractivity contribution >= 4 is 18.3 Å². The van der Waals surface area contributed by atoms with Crippen LogP contribution in [0.15, 0.2) is 46.9 Å². The number of nitrogens with one attached hydrogen (secondary N) is 2. The van der Waals surface area contributed by atoms with E-state index in [0.29, 0.717) is 18.2 Å². The van der Waals surface area contributed by atoms with Crippen LogP contribution >= 0.6 is 12.4 Å². The van der Waals surface area contributed by atoms with Gasteiger partial charge in [-0.3, -0.25) is 4.79 Å². The molecule has 0 saturated heterocycles. The van der Waals surface area contributed by atoms with Gasteiger partial charge in [0.05, 0.1) is 0 Å². The summed E-state index contributed by atoms with van der Waals surface area (Å²) in [6, 6.07) is 12.5. The summed E-state index contributed by atoms with van der Waals surface area (Å²) in [7, 11) is 0. The molecule has 5 nitrogen and oxygen atoms in total. The Kier molecular flexibility index (Phi) is 8.10. The van der Waals surface area contributed by atoms with Crippen molar-refractivity contribution in [1.29, 1.82) is 0 Å². The standard InChI is InChI=1S/C16H20N2O3.ClH/c1-2-10-17-11-12-18-16(19)14-8-9-15(21-14)20-13-6-4-3-5-7-13;/h3-9,17H,2,10-12H2,1H3,(H,18,19);1H. The maximum Gasteiger partial charge on any atom is 0.290 e. The summed E-state index contributed by atoms with van der Waals surface area (Å²) in [4.78, 5) is 11.9. The second kappa shape index (κ2) is 9.87. The Morgan fingerprint density at radius 3 is 2.59 bits per heavy atom. The molecule has 0 saturated carbocycles. The molecule has 1 heterocycles. The van der Waals surface area contributed by atoms with E-state index in [0.717, 1.165) is 19.5 Å². The molecule has 0 atom stereocenters. The molecular formula is C16H21ClN2O3. The lowest BCUT2D eigenvalue weighted by molar-refractivity contribution is 0.0921. The smallest absolute Gasteiger partial charge is 0.290 e. The first-order valence-electron chi connectivity index (χ1n) is 7.11. The molecule has 2 aromatic rings. The molecule has 0 aliphatic rings. The fourth-order valence-electron chi connectivity index (χ4n) is 1.76. The highest BCUT2D eigenvalue weighted by Gasteiger charge is 2.11. The lowest BCUT2D eigenvalue weighted by Gasteiger charge is -2.04. The van der Waals surface area contributed by atoms with Crippen LogP contribution in [0.1, 0.15) is 23.9 Å². The van der Waals surface area contributed by atoms with Crippen molar-refractivity contribution < 1.29 is 13.9 Å². The number of hydrogen-bond acceptors (Lipinski definition) is 4. The molecule has 120 valence electrons. The van der Waals surface area contributed by atoms with Crippen LogP contribution in [0.25, 0.3) is 0 Å². The third-order valence-corrected chi connectivity index (χ3v) is 2.78. The van der Waals surface area contributed by atoms with Gasteiger partial charge in [-0.25, -0.2) is 0 Å². The number of carbonyl (C=O) groups is 1. The van der Waals surface area contributed by atoms with Crippen molar-refractivity contribution in [1.82, 2.24) is 10.6 Å². The molecule has 0 radical (unpaired) electrons. The Labute approximate surface area is 136 Å². The molecular weight excluding hydrogens is 304 g/mol. The molecule has 0 bridgehead atoms. The zero-order chi connectivity index (χ0) is 14.9. The van der Waals surface area contributed by atoms with Crippen LogP contribution in [-0.2, 0) is 0 Å². The third-order valence-electron chi connectivity index (χ3n) is 2.78. The van der Waals surface area contributed by atoms with Gasteiger partial charge in [0.15, 0.2) is 5.76 Å². The van der Waals surface area contributed by atoms with Gasteiger partial charge in [0.2, 0.25) is 0 Å². The number of carbonyl (C=O) groups excluding carboxylic acids is 1. The number of hydrogen-bond donors (Lipinski definition) is 2. The molecule has 2 N–H and O–H groups in total. The van der Waals surface area contributed by atoms with E-state index in [-0.39, 0.29) is 24.1 Å². The van der Waals surface area contributed by atoms with Crippen LogP contribution in [0.2, 0.25) is 0 Å². The van der Waals surface area contributed by atoms with E-state index in [1.807, 2.05) is 30.3 Å². The number of amides is 1. The van der Waals surface area contributed by atoms with Gasteiger partial charge >= 0.3 is 0 Å². The summed E-state index contributed by atoms with van der Waals surface area (Å²) in [6.07, 6.45) is 1.08. The molecule has 1 amide bonds. The lowest BCUT2D eigenvalue weighted by Crippen LogP contribution is -2.31. The van der Waals surface area contributed by atoms with E-state index in [4.69, 9.17) is 9.15 Å². The Morgan fingerprint density at radius 1 is 1.09 bits per heavy atom. The summed E-state index contributed by atoms with van der Waals surface area (Å²) in [6.45, 7) is 4.36. The van der Waals surface area contributed by atoms with Gasteiger partial charge < -0.3 is 19.8 Å². The van der Waals surface area contributed by atoms with Crippen molar-refractivity contribution in [3.8, 4) is 11.7 Å². The van der Waals surface area contributed by atoms with Crippen LogP contribution in [0.4, 0.5) is 0 Å². The predicted octanol–water partition coefficient (Wildman–Crippen LogP) is 3.22. The summed E-state index contributed by atoms with van der Waals surface area (Å²) in [5.41, 5.74) is 0. The van der Waals surface area contributed by atoms with Crippen molar-refractivity contribution in [2.75, 3.05) is 19.6 Å². The van der Waals surface area contributed by atoms with Gasteiger partial charge in [0, 0.05) is 19.2 Å². The maximum atomic E-state index is 11.9. The predicted molar refractivity (Wildman–Crippen MR) is 88.0 cm³/mol. The van der Waals surface area contributed by atoms with Gasteiger partial charge in [0.1, 0.15) is 5.75 Å². The van der Waals surface area contributed by atoms with E-state index in [9.17, 15) is 4.79 Å². The lowest BCUT2D eigenvalue weighted by atomic mass is 10.3.